The Hall–Kier alpha value is -1.25. The van der Waals surface area contributed by atoms with E-state index in [4.69, 9.17) is 4.79 Å². The Morgan fingerprint density at radius 2 is 1.18 bits per heavy atom. The fourth-order valence-corrected chi connectivity index (χ4v) is 0.385. The maximum Gasteiger partial charge on any atom is 0.292 e. The van der Waals surface area contributed by atoms with Crippen molar-refractivity contribution in [2.45, 2.75) is 0 Å². The van der Waals surface area contributed by atoms with Gasteiger partial charge in [-0.25, -0.2) is 0 Å². The molecule has 11 heavy (non-hydrogen) atoms. The molecule has 1 rings (SSSR count). The van der Waals surface area contributed by atoms with Crippen LogP contribution in [0.3, 0.4) is 0 Å². The first kappa shape index (κ1) is 12.4. The van der Waals surface area contributed by atoms with Crippen molar-refractivity contribution in [3.8, 4) is 0 Å². The Morgan fingerprint density at radius 1 is 1.00 bits per heavy atom. The molecule has 0 aromatic heterocycles. The summed E-state index contributed by atoms with van der Waals surface area (Å²) in [6, 6.07) is 12.0. The van der Waals surface area contributed by atoms with Gasteiger partial charge >= 0.3 is 0 Å². The first-order valence-electron chi connectivity index (χ1n) is 2.88. The molecule has 0 aliphatic carbocycles. The third-order valence-corrected chi connectivity index (χ3v) is 0.763. The molecule has 0 saturated carbocycles. The Kier molecular flexibility index (Phi) is 13.0. The van der Waals surface area contributed by atoms with Crippen LogP contribution in [0.25, 0.3) is 0 Å². The monoisotopic (exact) mass is 149 g/mol. The second-order valence-electron chi connectivity index (χ2n) is 1.49. The van der Waals surface area contributed by atoms with E-state index in [1.807, 2.05) is 36.4 Å². The molecule has 1 aromatic rings. The first-order valence-corrected chi connectivity index (χ1v) is 2.88. The van der Waals surface area contributed by atoms with E-state index in [1.54, 1.807) is 0 Å². The number of benzene rings is 1. The van der Waals surface area contributed by atoms with E-state index >= 15 is 0 Å². The molecule has 57 valence electrons. The SMILES string of the molecule is COC=O.[B].c1ccccc1. The van der Waals surface area contributed by atoms with Crippen LogP contribution in [0.1, 0.15) is 0 Å². The Bertz CT molecular complexity index is 127. The van der Waals surface area contributed by atoms with Gasteiger partial charge in [0.1, 0.15) is 0 Å². The Balaban J connectivity index is 0. The highest BCUT2D eigenvalue weighted by molar-refractivity contribution is 5.75. The summed E-state index contributed by atoms with van der Waals surface area (Å²) in [5, 5.41) is 0. The van der Waals surface area contributed by atoms with Gasteiger partial charge in [-0.2, -0.15) is 0 Å². The average molecular weight is 149 g/mol. The maximum atomic E-state index is 8.95. The minimum Gasteiger partial charge on any atom is -0.471 e. The summed E-state index contributed by atoms with van der Waals surface area (Å²) < 4.78 is 3.86. The number of hydrogen-bond donors (Lipinski definition) is 0. The third-order valence-electron chi connectivity index (χ3n) is 0.763. The number of carbonyl (C=O) groups is 1. The zero-order chi connectivity index (χ0) is 7.66. The third kappa shape index (κ3) is 12.1. The molecule has 0 spiro atoms. The number of carbonyl (C=O) groups excluding carboxylic acids is 1. The summed E-state index contributed by atoms with van der Waals surface area (Å²) in [6.07, 6.45) is 0. The Labute approximate surface area is 68.8 Å². The van der Waals surface area contributed by atoms with E-state index in [2.05, 4.69) is 4.74 Å². The van der Waals surface area contributed by atoms with Crippen LogP contribution in [0.4, 0.5) is 0 Å². The van der Waals surface area contributed by atoms with Crippen molar-refractivity contribution in [2.75, 3.05) is 7.11 Å². The predicted octanol–water partition coefficient (Wildman–Crippen LogP) is 1.09. The molecule has 3 heteroatoms. The molecular formula is C8H10BO2. The number of hydrogen-bond acceptors (Lipinski definition) is 2. The zero-order valence-corrected chi connectivity index (χ0v) is 6.44. The van der Waals surface area contributed by atoms with Crippen molar-refractivity contribution in [2.24, 2.45) is 0 Å². The molecule has 0 N–H and O–H groups in total. The Morgan fingerprint density at radius 3 is 1.27 bits per heavy atom. The van der Waals surface area contributed by atoms with E-state index in [0.717, 1.165) is 0 Å². The second-order valence-corrected chi connectivity index (χ2v) is 1.49. The fraction of sp³-hybridized carbons (Fsp3) is 0.125. The van der Waals surface area contributed by atoms with Gasteiger partial charge in [0.15, 0.2) is 0 Å². The molecule has 3 radical (unpaired) electrons. The van der Waals surface area contributed by atoms with Crippen LogP contribution in [-0.4, -0.2) is 22.0 Å². The molecule has 0 heterocycles. The minimum atomic E-state index is 0. The lowest BCUT2D eigenvalue weighted by Crippen LogP contribution is -1.68. The van der Waals surface area contributed by atoms with Gasteiger partial charge in [0.2, 0.25) is 0 Å². The van der Waals surface area contributed by atoms with Crippen molar-refractivity contribution in [1.29, 1.82) is 0 Å². The van der Waals surface area contributed by atoms with E-state index in [-0.39, 0.29) is 8.41 Å². The molecule has 0 saturated heterocycles. The van der Waals surface area contributed by atoms with Gasteiger partial charge in [0, 0.05) is 8.41 Å². The van der Waals surface area contributed by atoms with Crippen LogP contribution in [0.15, 0.2) is 36.4 Å². The average Bonchev–Trinajstić information content (AvgIpc) is 2.08. The van der Waals surface area contributed by atoms with E-state index < -0.39 is 0 Å². The van der Waals surface area contributed by atoms with Gasteiger partial charge < -0.3 is 4.74 Å². The molecule has 2 nitrogen and oxygen atoms in total. The molecule has 0 atom stereocenters. The van der Waals surface area contributed by atoms with E-state index in [9.17, 15) is 0 Å². The van der Waals surface area contributed by atoms with E-state index in [0.29, 0.717) is 6.47 Å². The predicted molar refractivity (Wildman–Crippen MR) is 45.3 cm³/mol. The molecule has 0 bridgehead atoms. The van der Waals surface area contributed by atoms with Gasteiger partial charge in [-0.3, -0.25) is 4.79 Å². The lowest BCUT2D eigenvalue weighted by atomic mass is 10.4. The van der Waals surface area contributed by atoms with Crippen LogP contribution in [0.5, 0.6) is 0 Å². The minimum absolute atomic E-state index is 0. The molecule has 1 aromatic carbocycles. The van der Waals surface area contributed by atoms with E-state index in [1.165, 1.54) is 7.11 Å². The fourth-order valence-electron chi connectivity index (χ4n) is 0.385. The summed E-state index contributed by atoms with van der Waals surface area (Å²) in [7, 11) is 1.31. The van der Waals surface area contributed by atoms with Crippen molar-refractivity contribution in [3.05, 3.63) is 36.4 Å². The highest BCUT2D eigenvalue weighted by Crippen LogP contribution is 1.79. The summed E-state index contributed by atoms with van der Waals surface area (Å²) in [5.74, 6) is 0. The smallest absolute Gasteiger partial charge is 0.292 e. The van der Waals surface area contributed by atoms with Gasteiger partial charge in [-0.05, 0) is 0 Å². The first-order chi connectivity index (χ1) is 4.91. The number of rotatable bonds is 1. The summed E-state index contributed by atoms with van der Waals surface area (Å²) in [4.78, 5) is 8.95. The lowest BCUT2D eigenvalue weighted by Gasteiger charge is -1.69. The number of methoxy groups -OCH3 is 1. The van der Waals surface area contributed by atoms with Crippen molar-refractivity contribution >= 4 is 14.9 Å². The molecule has 0 amide bonds. The summed E-state index contributed by atoms with van der Waals surface area (Å²) in [6.45, 7) is 0.375. The van der Waals surface area contributed by atoms with Crippen LogP contribution in [0.2, 0.25) is 0 Å². The van der Waals surface area contributed by atoms with Gasteiger partial charge in [-0.1, -0.05) is 36.4 Å². The van der Waals surface area contributed by atoms with Gasteiger partial charge in [0.05, 0.1) is 7.11 Å². The molecule has 0 aliphatic rings. The summed E-state index contributed by atoms with van der Waals surface area (Å²) in [5.41, 5.74) is 0. The number of ether oxygens (including phenoxy) is 1. The molecule has 0 unspecified atom stereocenters. The lowest BCUT2D eigenvalue weighted by molar-refractivity contribution is -0.126. The second kappa shape index (κ2) is 11.5. The van der Waals surface area contributed by atoms with Crippen molar-refractivity contribution in [1.82, 2.24) is 0 Å². The highest BCUT2D eigenvalue weighted by atomic mass is 16.5. The molecule has 0 aliphatic heterocycles. The highest BCUT2D eigenvalue weighted by Gasteiger charge is 1.57. The standard InChI is InChI=1S/C6H6.C2H4O2.B/c1-2-4-6-5-3-1;1-4-2-3;/h1-6H;2H,1H3;. The van der Waals surface area contributed by atoms with Crippen LogP contribution in [-0.2, 0) is 9.53 Å². The van der Waals surface area contributed by atoms with Crippen molar-refractivity contribution < 1.29 is 9.53 Å². The quantitative estimate of drug-likeness (QED) is 0.441. The van der Waals surface area contributed by atoms with Crippen LogP contribution in [0, 0.1) is 0 Å². The largest absolute Gasteiger partial charge is 0.471 e. The maximum absolute atomic E-state index is 8.95. The molecule has 0 fully saturated rings. The van der Waals surface area contributed by atoms with Gasteiger partial charge in [-0.15, -0.1) is 0 Å². The van der Waals surface area contributed by atoms with Crippen LogP contribution >= 0.6 is 0 Å². The molecular weight excluding hydrogens is 139 g/mol. The van der Waals surface area contributed by atoms with Crippen LogP contribution < -0.4 is 0 Å². The van der Waals surface area contributed by atoms with Gasteiger partial charge in [0.25, 0.3) is 6.47 Å². The summed E-state index contributed by atoms with van der Waals surface area (Å²) >= 11 is 0. The topological polar surface area (TPSA) is 26.3 Å². The van der Waals surface area contributed by atoms with Crippen molar-refractivity contribution in [3.63, 3.8) is 0 Å². The normalized spacial score (nSPS) is 6.27. The zero-order valence-electron chi connectivity index (χ0n) is 6.44.